The molecule has 2 aromatic carbocycles. The van der Waals surface area contributed by atoms with Crippen molar-refractivity contribution in [3.8, 4) is 11.5 Å². The summed E-state index contributed by atoms with van der Waals surface area (Å²) in [5.41, 5.74) is 1.56. The molecule has 1 aliphatic rings. The Kier molecular flexibility index (Phi) is 8.77. The lowest BCUT2D eigenvalue weighted by molar-refractivity contribution is -0.145. The number of amides is 1. The summed E-state index contributed by atoms with van der Waals surface area (Å²) in [6, 6.07) is 11.8. The summed E-state index contributed by atoms with van der Waals surface area (Å²) in [7, 11) is 1.53. The van der Waals surface area contributed by atoms with Gasteiger partial charge in [-0.1, -0.05) is 79.6 Å². The van der Waals surface area contributed by atoms with Crippen LogP contribution in [0, 0.1) is 0 Å². The summed E-state index contributed by atoms with van der Waals surface area (Å²) in [4.78, 5) is 26.3. The Balaban J connectivity index is 1.78. The van der Waals surface area contributed by atoms with Crippen molar-refractivity contribution in [2.45, 2.75) is 38.8 Å². The predicted octanol–water partition coefficient (Wildman–Crippen LogP) is 5.77. The molecule has 1 aliphatic heterocycles. The molecule has 9 heteroatoms. The van der Waals surface area contributed by atoms with Gasteiger partial charge in [-0.25, -0.2) is 4.79 Å². The average molecular weight is 506 g/mol. The number of methoxy groups -OCH3 is 1. The van der Waals surface area contributed by atoms with E-state index in [1.807, 2.05) is 25.1 Å². The molecule has 0 radical (unpaired) electrons. The number of hydrogen-bond acceptors (Lipinski definition) is 6. The van der Waals surface area contributed by atoms with Crippen LogP contribution in [0.2, 0.25) is 5.02 Å². The highest BCUT2D eigenvalue weighted by Crippen LogP contribution is 2.36. The summed E-state index contributed by atoms with van der Waals surface area (Å²) < 4.78 is 11.6. The van der Waals surface area contributed by atoms with Crippen LogP contribution < -0.4 is 9.47 Å². The number of thiocarbonyl (C=S) groups is 1. The zero-order chi connectivity index (χ0) is 24.0. The van der Waals surface area contributed by atoms with Gasteiger partial charge >= 0.3 is 5.97 Å². The summed E-state index contributed by atoms with van der Waals surface area (Å²) in [5, 5.41) is 10.2. The highest BCUT2D eigenvalue weighted by Gasteiger charge is 2.40. The maximum absolute atomic E-state index is 13.0. The summed E-state index contributed by atoms with van der Waals surface area (Å²) in [5.74, 6) is -0.417. The number of benzene rings is 2. The van der Waals surface area contributed by atoms with Crippen LogP contribution in [0.5, 0.6) is 11.5 Å². The fourth-order valence-electron chi connectivity index (χ4n) is 3.32. The second-order valence-electron chi connectivity index (χ2n) is 7.34. The smallest absolute Gasteiger partial charge is 0.326 e. The fraction of sp³-hybridized carbons (Fsp3) is 0.292. The third kappa shape index (κ3) is 6.07. The molecule has 3 rings (SSSR count). The first-order valence-corrected chi connectivity index (χ1v) is 12.0. The van der Waals surface area contributed by atoms with Crippen LogP contribution in [0.1, 0.15) is 37.3 Å². The van der Waals surface area contributed by atoms with E-state index in [9.17, 15) is 14.7 Å². The number of rotatable bonds is 10. The Bertz CT molecular complexity index is 1090. The van der Waals surface area contributed by atoms with Crippen molar-refractivity contribution < 1.29 is 24.2 Å². The van der Waals surface area contributed by atoms with Crippen molar-refractivity contribution in [2.75, 3.05) is 7.11 Å². The molecule has 1 saturated heterocycles. The lowest BCUT2D eigenvalue weighted by Gasteiger charge is -2.22. The number of unbranched alkanes of at least 4 members (excludes halogenated alkanes) is 1. The molecule has 0 spiro atoms. The topological polar surface area (TPSA) is 76.1 Å². The van der Waals surface area contributed by atoms with E-state index in [1.165, 1.54) is 12.0 Å². The third-order valence-corrected chi connectivity index (χ3v) is 6.78. The van der Waals surface area contributed by atoms with E-state index < -0.39 is 17.9 Å². The van der Waals surface area contributed by atoms with Crippen molar-refractivity contribution in [3.05, 3.63) is 63.5 Å². The zero-order valence-electron chi connectivity index (χ0n) is 18.2. The molecule has 1 heterocycles. The zero-order valence-corrected chi connectivity index (χ0v) is 20.6. The van der Waals surface area contributed by atoms with Gasteiger partial charge in [0.15, 0.2) is 11.5 Å². The monoisotopic (exact) mass is 505 g/mol. The van der Waals surface area contributed by atoms with Crippen LogP contribution in [0.25, 0.3) is 6.08 Å². The lowest BCUT2D eigenvalue weighted by Crippen LogP contribution is -2.43. The largest absolute Gasteiger partial charge is 0.493 e. The SMILES string of the molecule is CCCCC(C(=O)O)N1C(=O)/C(=C/c2ccc(OCc3ccccc3Cl)c(OC)c2)SC1=S. The molecule has 0 saturated carbocycles. The van der Waals surface area contributed by atoms with Gasteiger partial charge in [-0.3, -0.25) is 9.69 Å². The fourth-order valence-corrected chi connectivity index (χ4v) is 4.87. The van der Waals surface area contributed by atoms with Crippen LogP contribution in [0.15, 0.2) is 47.4 Å². The van der Waals surface area contributed by atoms with Crippen molar-refractivity contribution in [1.82, 2.24) is 4.90 Å². The molecule has 1 fully saturated rings. The first-order valence-electron chi connectivity index (χ1n) is 10.4. The van der Waals surface area contributed by atoms with Gasteiger partial charge in [0, 0.05) is 10.6 Å². The van der Waals surface area contributed by atoms with Crippen molar-refractivity contribution in [3.63, 3.8) is 0 Å². The molecular weight excluding hydrogens is 482 g/mol. The van der Waals surface area contributed by atoms with Gasteiger partial charge in [0.25, 0.3) is 5.91 Å². The van der Waals surface area contributed by atoms with Gasteiger partial charge in [-0.15, -0.1) is 0 Å². The minimum atomic E-state index is -1.05. The van der Waals surface area contributed by atoms with Crippen LogP contribution in [0.4, 0.5) is 0 Å². The molecule has 0 aromatic heterocycles. The summed E-state index contributed by atoms with van der Waals surface area (Å²) in [6.45, 7) is 2.25. The van der Waals surface area contributed by atoms with E-state index in [1.54, 1.807) is 30.3 Å². The number of hydrogen-bond donors (Lipinski definition) is 1. The molecule has 1 atom stereocenters. The second-order valence-corrected chi connectivity index (χ2v) is 9.42. The molecule has 174 valence electrons. The van der Waals surface area contributed by atoms with Gasteiger partial charge in [0.05, 0.1) is 12.0 Å². The minimum Gasteiger partial charge on any atom is -0.493 e. The van der Waals surface area contributed by atoms with Crippen molar-refractivity contribution in [2.24, 2.45) is 0 Å². The molecule has 1 unspecified atom stereocenters. The third-order valence-electron chi connectivity index (χ3n) is 5.08. The van der Waals surface area contributed by atoms with E-state index in [4.69, 9.17) is 33.3 Å². The molecule has 2 aromatic rings. The van der Waals surface area contributed by atoms with Gasteiger partial charge in [0.1, 0.15) is 17.0 Å². The summed E-state index contributed by atoms with van der Waals surface area (Å²) >= 11 is 12.6. The lowest BCUT2D eigenvalue weighted by atomic mass is 10.1. The van der Waals surface area contributed by atoms with E-state index in [0.29, 0.717) is 39.8 Å². The Hall–Kier alpha value is -2.55. The van der Waals surface area contributed by atoms with Crippen molar-refractivity contribution >= 4 is 57.9 Å². The standard InChI is InChI=1S/C24H24ClNO5S2/c1-3-4-9-18(23(28)29)26-22(27)21(33-24(26)32)13-15-10-11-19(20(12-15)30-2)31-14-16-7-5-6-8-17(16)25/h5-8,10-13,18H,3-4,9,14H2,1-2H3,(H,28,29)/b21-13-. The number of carbonyl (C=O) groups excluding carboxylic acids is 1. The number of ether oxygens (including phenoxy) is 2. The number of aliphatic carboxylic acids is 1. The van der Waals surface area contributed by atoms with Crippen molar-refractivity contribution in [1.29, 1.82) is 0 Å². The number of halogens is 1. The number of carboxylic acid groups (broad SMARTS) is 1. The van der Waals surface area contributed by atoms with Crippen LogP contribution >= 0.6 is 35.6 Å². The first-order chi connectivity index (χ1) is 15.8. The minimum absolute atomic E-state index is 0.251. The van der Waals surface area contributed by atoms with Crippen LogP contribution in [0.3, 0.4) is 0 Å². The number of carbonyl (C=O) groups is 2. The highest BCUT2D eigenvalue weighted by atomic mass is 35.5. The molecule has 6 nitrogen and oxygen atoms in total. The van der Waals surface area contributed by atoms with Gasteiger partial charge < -0.3 is 14.6 Å². The van der Waals surface area contributed by atoms with Gasteiger partial charge in [-0.2, -0.15) is 0 Å². The van der Waals surface area contributed by atoms with E-state index in [0.717, 1.165) is 23.7 Å². The van der Waals surface area contributed by atoms with E-state index in [-0.39, 0.29) is 10.9 Å². The summed E-state index contributed by atoms with van der Waals surface area (Å²) in [6.07, 6.45) is 3.56. The van der Waals surface area contributed by atoms with Crippen LogP contribution in [-0.4, -0.2) is 39.4 Å². The molecule has 0 aliphatic carbocycles. The molecular formula is C24H24ClNO5S2. The predicted molar refractivity (Wildman–Crippen MR) is 135 cm³/mol. The Labute approximate surface area is 207 Å². The first kappa shape index (κ1) is 25.1. The normalized spacial score (nSPS) is 15.7. The molecule has 33 heavy (non-hydrogen) atoms. The highest BCUT2D eigenvalue weighted by molar-refractivity contribution is 8.26. The van der Waals surface area contributed by atoms with Crippen LogP contribution in [-0.2, 0) is 16.2 Å². The average Bonchev–Trinajstić information content (AvgIpc) is 3.06. The van der Waals surface area contributed by atoms with E-state index in [2.05, 4.69) is 0 Å². The Morgan fingerprint density at radius 3 is 2.70 bits per heavy atom. The quantitative estimate of drug-likeness (QED) is 0.324. The number of nitrogens with zero attached hydrogens (tertiary/aromatic N) is 1. The maximum atomic E-state index is 13.0. The maximum Gasteiger partial charge on any atom is 0.326 e. The Morgan fingerprint density at radius 1 is 1.27 bits per heavy atom. The second kappa shape index (κ2) is 11.5. The van der Waals surface area contributed by atoms with Gasteiger partial charge in [-0.05, 0) is 36.3 Å². The molecule has 1 N–H and O–H groups in total. The van der Waals surface area contributed by atoms with E-state index >= 15 is 0 Å². The van der Waals surface area contributed by atoms with Gasteiger partial charge in [0.2, 0.25) is 0 Å². The molecule has 1 amide bonds. The number of carboxylic acids is 1. The number of thioether (sulfide) groups is 1. The Morgan fingerprint density at radius 2 is 2.03 bits per heavy atom. The molecule has 0 bridgehead atoms.